The molecule has 2 N–H and O–H groups in total. The maximum atomic E-state index is 11.7. The molecule has 0 saturated heterocycles. The lowest BCUT2D eigenvalue weighted by Crippen LogP contribution is -1.98. The smallest absolute Gasteiger partial charge is 0.162 e. The third-order valence-electron chi connectivity index (χ3n) is 3.22. The molecule has 0 saturated carbocycles. The van der Waals surface area contributed by atoms with Crippen molar-refractivity contribution in [2.75, 3.05) is 5.73 Å². The fraction of sp³-hybridized carbons (Fsp3) is 0.176. The van der Waals surface area contributed by atoms with E-state index >= 15 is 0 Å². The average molecular weight is 264 g/mol. The monoisotopic (exact) mass is 264 g/mol. The first-order valence-electron chi connectivity index (χ1n) is 6.54. The second-order valence-corrected chi connectivity index (χ2v) is 4.69. The number of carbonyl (C=O) groups is 1. The van der Waals surface area contributed by atoms with E-state index in [9.17, 15) is 4.79 Å². The van der Waals surface area contributed by atoms with Crippen LogP contribution in [0.2, 0.25) is 0 Å². The van der Waals surface area contributed by atoms with Gasteiger partial charge in [0.15, 0.2) is 5.78 Å². The van der Waals surface area contributed by atoms with E-state index in [4.69, 9.17) is 11.0 Å². The van der Waals surface area contributed by atoms with Gasteiger partial charge in [-0.15, -0.1) is 0 Å². The summed E-state index contributed by atoms with van der Waals surface area (Å²) in [5, 5.41) is 8.98. The summed E-state index contributed by atoms with van der Waals surface area (Å²) >= 11 is 0. The van der Waals surface area contributed by atoms with Crippen LogP contribution in [0.1, 0.15) is 40.4 Å². The molecule has 0 unspecified atom stereocenters. The molecule has 2 aromatic rings. The minimum Gasteiger partial charge on any atom is -0.398 e. The van der Waals surface area contributed by atoms with Gasteiger partial charge in [-0.1, -0.05) is 31.2 Å². The van der Waals surface area contributed by atoms with Crippen LogP contribution in [0.3, 0.4) is 0 Å². The van der Waals surface area contributed by atoms with Crippen LogP contribution < -0.4 is 5.73 Å². The first-order valence-corrected chi connectivity index (χ1v) is 6.54. The number of carbonyl (C=O) groups excluding carboxylic acids is 1. The molecule has 2 aromatic carbocycles. The predicted octanol–water partition coefficient (Wildman–Crippen LogP) is 3.32. The molecule has 0 aliphatic carbocycles. The first-order chi connectivity index (χ1) is 9.63. The highest BCUT2D eigenvalue weighted by Gasteiger charge is 2.05. The van der Waals surface area contributed by atoms with Gasteiger partial charge in [0.25, 0.3) is 0 Å². The summed E-state index contributed by atoms with van der Waals surface area (Å²) in [5.74, 6) is 0.141. The Kier molecular flexibility index (Phi) is 4.17. The zero-order valence-corrected chi connectivity index (χ0v) is 11.4. The summed E-state index contributed by atoms with van der Waals surface area (Å²) in [6.45, 7) is 1.86. The molecule has 3 heteroatoms. The fourth-order valence-corrected chi connectivity index (χ4v) is 2.10. The lowest BCUT2D eigenvalue weighted by molar-refractivity contribution is 0.0988. The molecule has 0 aliphatic rings. The molecule has 0 radical (unpaired) electrons. The van der Waals surface area contributed by atoms with Crippen LogP contribution in [0.5, 0.6) is 0 Å². The molecule has 0 amide bonds. The van der Waals surface area contributed by atoms with Gasteiger partial charge in [0.05, 0.1) is 5.56 Å². The summed E-state index contributed by atoms with van der Waals surface area (Å²) in [6.07, 6.45) is 1.18. The second kappa shape index (κ2) is 6.03. The van der Waals surface area contributed by atoms with Crippen molar-refractivity contribution in [1.82, 2.24) is 0 Å². The van der Waals surface area contributed by atoms with E-state index < -0.39 is 0 Å². The Hall–Kier alpha value is -2.60. The van der Waals surface area contributed by atoms with E-state index in [0.29, 0.717) is 24.1 Å². The van der Waals surface area contributed by atoms with Gasteiger partial charge in [-0.3, -0.25) is 4.79 Å². The van der Waals surface area contributed by atoms with Crippen LogP contribution in [-0.2, 0) is 6.42 Å². The number of anilines is 1. The summed E-state index contributed by atoms with van der Waals surface area (Å²) in [7, 11) is 0. The maximum Gasteiger partial charge on any atom is 0.162 e. The number of hydrogen-bond acceptors (Lipinski definition) is 3. The van der Waals surface area contributed by atoms with Crippen LogP contribution in [0.25, 0.3) is 0 Å². The number of nitrogens with two attached hydrogens (primary N) is 1. The number of nitriles is 1. The van der Waals surface area contributed by atoms with E-state index in [1.807, 2.05) is 37.3 Å². The number of Topliss-reactive ketones (excluding diaryl/α,β-unsaturated/α-hetero) is 1. The van der Waals surface area contributed by atoms with E-state index in [0.717, 1.165) is 16.7 Å². The number of ketones is 1. The van der Waals surface area contributed by atoms with Crippen molar-refractivity contribution in [1.29, 1.82) is 5.26 Å². The number of benzene rings is 2. The molecule has 3 nitrogen and oxygen atoms in total. The van der Waals surface area contributed by atoms with Crippen molar-refractivity contribution in [2.45, 2.75) is 19.8 Å². The van der Waals surface area contributed by atoms with Crippen LogP contribution in [0.15, 0.2) is 42.5 Å². The summed E-state index contributed by atoms with van der Waals surface area (Å²) in [4.78, 5) is 11.7. The fourth-order valence-electron chi connectivity index (χ4n) is 2.10. The van der Waals surface area contributed by atoms with Crippen LogP contribution in [0.4, 0.5) is 5.69 Å². The topological polar surface area (TPSA) is 66.9 Å². The third kappa shape index (κ3) is 3.04. The largest absolute Gasteiger partial charge is 0.398 e. The molecule has 0 fully saturated rings. The molecule has 0 aliphatic heterocycles. The second-order valence-electron chi connectivity index (χ2n) is 4.69. The van der Waals surface area contributed by atoms with Gasteiger partial charge in [-0.25, -0.2) is 0 Å². The molecule has 0 atom stereocenters. The van der Waals surface area contributed by atoms with Gasteiger partial charge in [0, 0.05) is 17.7 Å². The van der Waals surface area contributed by atoms with E-state index in [-0.39, 0.29) is 5.78 Å². The highest BCUT2D eigenvalue weighted by atomic mass is 16.1. The van der Waals surface area contributed by atoms with Crippen molar-refractivity contribution >= 4 is 11.5 Å². The highest BCUT2D eigenvalue weighted by Crippen LogP contribution is 2.17. The Morgan fingerprint density at radius 3 is 2.65 bits per heavy atom. The summed E-state index contributed by atoms with van der Waals surface area (Å²) in [6, 6.07) is 15.1. The Labute approximate surface area is 118 Å². The van der Waals surface area contributed by atoms with E-state index in [1.165, 1.54) is 0 Å². The molecular weight excluding hydrogens is 248 g/mol. The van der Waals surface area contributed by atoms with Gasteiger partial charge < -0.3 is 5.73 Å². The normalized spacial score (nSPS) is 10.0. The van der Waals surface area contributed by atoms with Crippen molar-refractivity contribution in [3.63, 3.8) is 0 Å². The molecule has 0 heterocycles. The Morgan fingerprint density at radius 2 is 1.95 bits per heavy atom. The van der Waals surface area contributed by atoms with Crippen molar-refractivity contribution in [3.8, 4) is 6.07 Å². The van der Waals surface area contributed by atoms with Gasteiger partial charge in [-0.05, 0) is 35.7 Å². The number of rotatable bonds is 4. The Morgan fingerprint density at radius 1 is 1.20 bits per heavy atom. The minimum atomic E-state index is 0.141. The maximum absolute atomic E-state index is 11.7. The molecule has 0 spiro atoms. The molecule has 100 valence electrons. The highest BCUT2D eigenvalue weighted by molar-refractivity contribution is 5.95. The Balaban J connectivity index is 2.26. The third-order valence-corrected chi connectivity index (χ3v) is 3.22. The van der Waals surface area contributed by atoms with Crippen molar-refractivity contribution in [2.24, 2.45) is 0 Å². The minimum absolute atomic E-state index is 0.141. The lowest BCUT2D eigenvalue weighted by Gasteiger charge is -2.06. The zero-order valence-electron chi connectivity index (χ0n) is 11.4. The molecular formula is C17H16N2O. The van der Waals surface area contributed by atoms with Gasteiger partial charge in [0.2, 0.25) is 0 Å². The van der Waals surface area contributed by atoms with Crippen LogP contribution in [-0.4, -0.2) is 5.78 Å². The van der Waals surface area contributed by atoms with Gasteiger partial charge in [-0.2, -0.15) is 5.26 Å². The van der Waals surface area contributed by atoms with E-state index in [1.54, 1.807) is 12.1 Å². The number of hydrogen-bond donors (Lipinski definition) is 1. The van der Waals surface area contributed by atoms with Crippen molar-refractivity contribution in [3.05, 3.63) is 64.7 Å². The number of nitrogens with zero attached hydrogens (tertiary/aromatic N) is 1. The standard InChI is InChI=1S/C17H16N2O/c1-2-17(20)14-5-3-4-12(9-14)8-13-6-7-16(19)15(10-13)11-18/h3-7,9-10H,2,8,19H2,1H3. The number of nitrogen functional groups attached to an aromatic ring is 1. The SMILES string of the molecule is CCC(=O)c1cccc(Cc2ccc(N)c(C#N)c2)c1. The summed E-state index contributed by atoms with van der Waals surface area (Å²) in [5.41, 5.74) is 9.49. The lowest BCUT2D eigenvalue weighted by atomic mass is 9.99. The Bertz CT molecular complexity index is 684. The van der Waals surface area contributed by atoms with E-state index in [2.05, 4.69) is 6.07 Å². The van der Waals surface area contributed by atoms with Crippen LogP contribution >= 0.6 is 0 Å². The first kappa shape index (κ1) is 13.8. The van der Waals surface area contributed by atoms with Crippen LogP contribution in [0, 0.1) is 11.3 Å². The van der Waals surface area contributed by atoms with Gasteiger partial charge in [0.1, 0.15) is 6.07 Å². The molecule has 0 aromatic heterocycles. The zero-order chi connectivity index (χ0) is 14.5. The van der Waals surface area contributed by atoms with Crippen molar-refractivity contribution < 1.29 is 4.79 Å². The summed E-state index contributed by atoms with van der Waals surface area (Å²) < 4.78 is 0. The van der Waals surface area contributed by atoms with Gasteiger partial charge >= 0.3 is 0 Å². The average Bonchev–Trinajstić information content (AvgIpc) is 2.48. The molecule has 20 heavy (non-hydrogen) atoms. The molecule has 0 bridgehead atoms. The molecule has 2 rings (SSSR count). The quantitative estimate of drug-likeness (QED) is 0.680. The predicted molar refractivity (Wildman–Crippen MR) is 79.4 cm³/mol.